The van der Waals surface area contributed by atoms with Gasteiger partial charge in [0.05, 0.1) is 80.1 Å². The van der Waals surface area contributed by atoms with Crippen molar-refractivity contribution >= 4 is 0 Å². The standard InChI is InChI=1S/C53H106NO8/c1-5-7-9-11-13-15-17-19-21-23-25-27-29-31-33-35-42-59-51-52(60-43-36-34-32-30-28-26-24-22-20-18-16-14-12-10-8-6-2)50-54(3,4)39-37-38-53(61-48-46-57-44-40-55)62-49-47-58-45-41-56/h19-22,52-53,55-56H,5-18,23-51H2,1-4H3/q+1/b21-19-,22-20-. The summed E-state index contributed by atoms with van der Waals surface area (Å²) in [6.45, 7) is 10.9. The van der Waals surface area contributed by atoms with E-state index in [1.54, 1.807) is 0 Å². The number of rotatable bonds is 53. The lowest BCUT2D eigenvalue weighted by atomic mass is 10.1. The number of ether oxygens (including phenoxy) is 6. The summed E-state index contributed by atoms with van der Waals surface area (Å²) in [5.74, 6) is 0. The van der Waals surface area contributed by atoms with Crippen LogP contribution in [-0.4, -0.2) is 127 Å². The average Bonchev–Trinajstić information content (AvgIpc) is 3.26. The molecule has 0 aliphatic carbocycles. The van der Waals surface area contributed by atoms with Gasteiger partial charge in [-0.25, -0.2) is 0 Å². The Balaban J connectivity index is 4.61. The first kappa shape index (κ1) is 61.1. The van der Waals surface area contributed by atoms with Gasteiger partial charge in [0.15, 0.2) is 6.29 Å². The minimum absolute atomic E-state index is 0.000406. The molecular formula is C53H106NO8+. The van der Waals surface area contributed by atoms with Gasteiger partial charge in [0, 0.05) is 26.1 Å². The summed E-state index contributed by atoms with van der Waals surface area (Å²) in [5.41, 5.74) is 0. The molecule has 0 fully saturated rings. The van der Waals surface area contributed by atoms with Crippen LogP contribution in [0.5, 0.6) is 0 Å². The van der Waals surface area contributed by atoms with Crippen LogP contribution in [0.25, 0.3) is 0 Å². The van der Waals surface area contributed by atoms with Crippen molar-refractivity contribution in [1.29, 1.82) is 0 Å². The summed E-state index contributed by atoms with van der Waals surface area (Å²) >= 11 is 0. The molecule has 0 saturated carbocycles. The molecule has 0 aliphatic rings. The highest BCUT2D eigenvalue weighted by molar-refractivity contribution is 4.82. The minimum atomic E-state index is -0.358. The molecule has 0 amide bonds. The Morgan fingerprint density at radius 1 is 0.403 bits per heavy atom. The molecule has 370 valence electrons. The maximum atomic E-state index is 8.99. The van der Waals surface area contributed by atoms with Crippen molar-refractivity contribution in [3.63, 3.8) is 0 Å². The first-order chi connectivity index (χ1) is 30.5. The molecule has 9 heteroatoms. The second-order valence-electron chi connectivity index (χ2n) is 18.3. The summed E-state index contributed by atoms with van der Waals surface area (Å²) in [7, 11) is 4.57. The second-order valence-corrected chi connectivity index (χ2v) is 18.3. The smallest absolute Gasteiger partial charge is 0.158 e. The highest BCUT2D eigenvalue weighted by atomic mass is 16.7. The molecule has 0 aromatic rings. The van der Waals surface area contributed by atoms with Crippen LogP contribution in [0, 0.1) is 0 Å². The largest absolute Gasteiger partial charge is 0.394 e. The number of nitrogens with zero attached hydrogens (tertiary/aromatic N) is 1. The van der Waals surface area contributed by atoms with Gasteiger partial charge in [-0.15, -0.1) is 0 Å². The van der Waals surface area contributed by atoms with Crippen molar-refractivity contribution < 1.29 is 43.1 Å². The molecular weight excluding hydrogens is 779 g/mol. The molecule has 9 nitrogen and oxygen atoms in total. The monoisotopic (exact) mass is 885 g/mol. The first-order valence-corrected chi connectivity index (χ1v) is 26.4. The predicted octanol–water partition coefficient (Wildman–Crippen LogP) is 12.7. The maximum Gasteiger partial charge on any atom is 0.158 e. The number of hydrogen-bond acceptors (Lipinski definition) is 8. The molecule has 0 aromatic heterocycles. The SMILES string of the molecule is CCCCCCCC/C=C\CCCCCCCCOCC(C[N+](C)(C)CCCC(OCCOCCO)OCCOCCO)OCCCCCCCC/C=C\CCCCCCCC. The fraction of sp³-hybridized carbons (Fsp3) is 0.925. The maximum absolute atomic E-state index is 8.99. The molecule has 1 unspecified atom stereocenters. The van der Waals surface area contributed by atoms with Crippen LogP contribution in [0.1, 0.15) is 206 Å². The molecule has 0 radical (unpaired) electrons. The van der Waals surface area contributed by atoms with Gasteiger partial charge in [-0.3, -0.25) is 0 Å². The van der Waals surface area contributed by atoms with E-state index in [2.05, 4.69) is 52.2 Å². The van der Waals surface area contributed by atoms with E-state index in [-0.39, 0.29) is 25.6 Å². The van der Waals surface area contributed by atoms with E-state index in [0.29, 0.717) is 46.2 Å². The Labute approximate surface area is 385 Å². The number of quaternary nitrogens is 1. The van der Waals surface area contributed by atoms with Crippen molar-refractivity contribution in [2.75, 3.05) is 99.9 Å². The van der Waals surface area contributed by atoms with Crippen LogP contribution in [0.3, 0.4) is 0 Å². The third kappa shape index (κ3) is 48.6. The van der Waals surface area contributed by atoms with Crippen molar-refractivity contribution in [2.24, 2.45) is 0 Å². The van der Waals surface area contributed by atoms with Gasteiger partial charge < -0.3 is 43.1 Å². The Morgan fingerprint density at radius 3 is 1.24 bits per heavy atom. The first-order valence-electron chi connectivity index (χ1n) is 26.4. The summed E-state index contributed by atoms with van der Waals surface area (Å²) < 4.78 is 36.4. The topological polar surface area (TPSA) is 95.8 Å². The van der Waals surface area contributed by atoms with E-state index in [9.17, 15) is 0 Å². The van der Waals surface area contributed by atoms with Crippen molar-refractivity contribution in [3.8, 4) is 0 Å². The molecule has 0 rings (SSSR count). The van der Waals surface area contributed by atoms with Gasteiger partial charge in [-0.2, -0.15) is 0 Å². The Bertz CT molecular complexity index is 889. The molecule has 0 saturated heterocycles. The number of aliphatic hydroxyl groups excluding tert-OH is 2. The van der Waals surface area contributed by atoms with Gasteiger partial charge >= 0.3 is 0 Å². The zero-order valence-corrected chi connectivity index (χ0v) is 41.7. The molecule has 0 bridgehead atoms. The van der Waals surface area contributed by atoms with Gasteiger partial charge in [-0.1, -0.05) is 154 Å². The number of likely N-dealkylation sites (N-methyl/N-ethyl adjacent to an activating group) is 1. The van der Waals surface area contributed by atoms with Crippen LogP contribution < -0.4 is 0 Å². The Hall–Kier alpha value is -0.880. The van der Waals surface area contributed by atoms with Crippen LogP contribution >= 0.6 is 0 Å². The highest BCUT2D eigenvalue weighted by Gasteiger charge is 2.24. The van der Waals surface area contributed by atoms with Gasteiger partial charge in [-0.05, 0) is 64.2 Å². The van der Waals surface area contributed by atoms with E-state index in [0.717, 1.165) is 56.5 Å². The lowest BCUT2D eigenvalue weighted by Gasteiger charge is -2.34. The van der Waals surface area contributed by atoms with E-state index < -0.39 is 0 Å². The van der Waals surface area contributed by atoms with Crippen molar-refractivity contribution in [3.05, 3.63) is 24.3 Å². The van der Waals surface area contributed by atoms with Crippen LogP contribution in [-0.2, 0) is 28.4 Å². The second kappa shape index (κ2) is 51.1. The van der Waals surface area contributed by atoms with Gasteiger partial charge in [0.25, 0.3) is 0 Å². The third-order valence-electron chi connectivity index (χ3n) is 11.5. The van der Waals surface area contributed by atoms with Gasteiger partial charge in [0.2, 0.25) is 0 Å². The Morgan fingerprint density at radius 2 is 0.806 bits per heavy atom. The van der Waals surface area contributed by atoms with Gasteiger partial charge in [0.1, 0.15) is 12.6 Å². The zero-order chi connectivity index (χ0) is 45.1. The molecule has 0 aromatic carbocycles. The number of unbranched alkanes of at least 4 members (excludes halogenated alkanes) is 24. The van der Waals surface area contributed by atoms with E-state index >= 15 is 0 Å². The normalized spacial score (nSPS) is 12.9. The number of allylic oxidation sites excluding steroid dienone is 4. The van der Waals surface area contributed by atoms with Crippen LogP contribution in [0.4, 0.5) is 0 Å². The predicted molar refractivity (Wildman–Crippen MR) is 262 cm³/mol. The minimum Gasteiger partial charge on any atom is -0.394 e. The lowest BCUT2D eigenvalue weighted by Crippen LogP contribution is -2.48. The van der Waals surface area contributed by atoms with E-state index in [4.69, 9.17) is 38.6 Å². The van der Waals surface area contributed by atoms with E-state index in [1.807, 2.05) is 0 Å². The lowest BCUT2D eigenvalue weighted by molar-refractivity contribution is -0.893. The molecule has 0 aliphatic heterocycles. The quantitative estimate of drug-likeness (QED) is 0.0270. The number of hydrogen-bond donors (Lipinski definition) is 2. The third-order valence-corrected chi connectivity index (χ3v) is 11.5. The Kier molecular flexibility index (Phi) is 50.4. The molecule has 0 spiro atoms. The molecule has 62 heavy (non-hydrogen) atoms. The van der Waals surface area contributed by atoms with Crippen molar-refractivity contribution in [2.45, 2.75) is 219 Å². The summed E-state index contributed by atoms with van der Waals surface area (Å²) in [5, 5.41) is 18.0. The zero-order valence-electron chi connectivity index (χ0n) is 41.7. The molecule has 0 heterocycles. The van der Waals surface area contributed by atoms with Crippen LogP contribution in [0.2, 0.25) is 0 Å². The highest BCUT2D eigenvalue weighted by Crippen LogP contribution is 2.15. The molecule has 1 atom stereocenters. The number of aliphatic hydroxyl groups is 2. The van der Waals surface area contributed by atoms with E-state index in [1.165, 1.54) is 167 Å². The van der Waals surface area contributed by atoms with Crippen LogP contribution in [0.15, 0.2) is 24.3 Å². The summed E-state index contributed by atoms with van der Waals surface area (Å²) in [4.78, 5) is 0. The fourth-order valence-electron chi connectivity index (χ4n) is 7.77. The summed E-state index contributed by atoms with van der Waals surface area (Å²) in [6.07, 6.45) is 47.8. The molecule has 2 N–H and O–H groups in total. The van der Waals surface area contributed by atoms with Crippen molar-refractivity contribution in [1.82, 2.24) is 0 Å². The fourth-order valence-corrected chi connectivity index (χ4v) is 7.77. The summed E-state index contributed by atoms with van der Waals surface area (Å²) in [6, 6.07) is 0. The average molecular weight is 885 g/mol.